The Morgan fingerprint density at radius 2 is 1.93 bits per heavy atom. The van der Waals surface area contributed by atoms with E-state index in [2.05, 4.69) is 4.90 Å². The summed E-state index contributed by atoms with van der Waals surface area (Å²) < 4.78 is 11.9. The van der Waals surface area contributed by atoms with E-state index in [1.54, 1.807) is 12.1 Å². The molecule has 0 aliphatic carbocycles. The highest BCUT2D eigenvalue weighted by molar-refractivity contribution is 5.79. The summed E-state index contributed by atoms with van der Waals surface area (Å²) in [6.07, 6.45) is 4.55. The molecule has 0 radical (unpaired) electrons. The van der Waals surface area contributed by atoms with Crippen LogP contribution in [0.2, 0.25) is 0 Å². The van der Waals surface area contributed by atoms with Crippen LogP contribution in [0.3, 0.4) is 0 Å². The second kappa shape index (κ2) is 8.17. The maximum Gasteiger partial charge on any atom is 0.226 e. The lowest BCUT2D eigenvalue weighted by atomic mass is 9.88. The van der Waals surface area contributed by atoms with Gasteiger partial charge in [-0.2, -0.15) is 0 Å². The number of phenols is 1. The third-order valence-corrected chi connectivity index (χ3v) is 6.25. The molecule has 1 atom stereocenters. The summed E-state index contributed by atoms with van der Waals surface area (Å²) >= 11 is 0. The predicted molar refractivity (Wildman–Crippen MR) is 102 cm³/mol. The van der Waals surface area contributed by atoms with Gasteiger partial charge in [-0.3, -0.25) is 9.69 Å². The molecule has 3 fully saturated rings. The summed E-state index contributed by atoms with van der Waals surface area (Å²) in [6, 6.07) is 7.41. The van der Waals surface area contributed by atoms with E-state index in [9.17, 15) is 9.90 Å². The fourth-order valence-corrected chi connectivity index (χ4v) is 4.56. The zero-order valence-electron chi connectivity index (χ0n) is 15.9. The minimum absolute atomic E-state index is 0.106. The number of benzene rings is 1. The smallest absolute Gasteiger partial charge is 0.226 e. The standard InChI is InChI=1S/C21H30N2O4/c24-19-5-3-17(4-6-19)14-20(25)22-9-7-21(8-10-22)16-23(11-13-27-21)18-2-1-12-26-15-18/h3-6,18,24H,1-2,7-16H2. The molecular weight excluding hydrogens is 344 g/mol. The molecule has 27 heavy (non-hydrogen) atoms. The second-order valence-corrected chi connectivity index (χ2v) is 8.10. The number of carbonyl (C=O) groups excluding carboxylic acids is 1. The number of amides is 1. The lowest BCUT2D eigenvalue weighted by molar-refractivity contribution is -0.158. The quantitative estimate of drug-likeness (QED) is 0.874. The average molecular weight is 374 g/mol. The van der Waals surface area contributed by atoms with Gasteiger partial charge in [0.05, 0.1) is 25.2 Å². The number of rotatable bonds is 3. The number of hydrogen-bond donors (Lipinski definition) is 1. The molecule has 6 nitrogen and oxygen atoms in total. The first-order valence-corrected chi connectivity index (χ1v) is 10.2. The molecule has 1 N–H and O–H groups in total. The summed E-state index contributed by atoms with van der Waals surface area (Å²) in [5.41, 5.74) is 0.834. The topological polar surface area (TPSA) is 62.2 Å². The molecule has 148 valence electrons. The number of nitrogens with zero attached hydrogens (tertiary/aromatic N) is 2. The molecule has 1 aromatic carbocycles. The highest BCUT2D eigenvalue weighted by Gasteiger charge is 2.42. The van der Waals surface area contributed by atoms with Gasteiger partial charge in [-0.05, 0) is 43.4 Å². The Balaban J connectivity index is 1.30. The largest absolute Gasteiger partial charge is 0.508 e. The van der Waals surface area contributed by atoms with E-state index < -0.39 is 0 Å². The number of ether oxygens (including phenoxy) is 2. The first kappa shape index (κ1) is 18.7. The van der Waals surface area contributed by atoms with Crippen LogP contribution < -0.4 is 0 Å². The maximum atomic E-state index is 12.6. The number of hydrogen-bond acceptors (Lipinski definition) is 5. The molecule has 3 saturated heterocycles. The molecular formula is C21H30N2O4. The Kier molecular flexibility index (Phi) is 5.66. The van der Waals surface area contributed by atoms with Gasteiger partial charge in [0.15, 0.2) is 0 Å². The zero-order valence-corrected chi connectivity index (χ0v) is 15.9. The van der Waals surface area contributed by atoms with Crippen molar-refractivity contribution in [2.24, 2.45) is 0 Å². The SMILES string of the molecule is O=C(Cc1ccc(O)cc1)N1CCC2(CC1)CN(C1CCCOC1)CCO2. The van der Waals surface area contributed by atoms with Crippen LogP contribution in [0.1, 0.15) is 31.2 Å². The molecule has 4 rings (SSSR count). The molecule has 1 unspecified atom stereocenters. The van der Waals surface area contributed by atoms with Crippen molar-refractivity contribution in [3.05, 3.63) is 29.8 Å². The van der Waals surface area contributed by atoms with Crippen LogP contribution in [0, 0.1) is 0 Å². The van der Waals surface area contributed by atoms with E-state index in [-0.39, 0.29) is 17.3 Å². The van der Waals surface area contributed by atoms with Crippen molar-refractivity contribution in [1.82, 2.24) is 9.80 Å². The predicted octanol–water partition coefficient (Wildman–Crippen LogP) is 1.81. The Labute approximate surface area is 161 Å². The lowest BCUT2D eigenvalue weighted by Gasteiger charge is -2.49. The molecule has 6 heteroatoms. The van der Waals surface area contributed by atoms with Crippen molar-refractivity contribution in [2.45, 2.75) is 43.7 Å². The molecule has 1 amide bonds. The van der Waals surface area contributed by atoms with Gasteiger partial charge in [-0.1, -0.05) is 12.1 Å². The number of morpholine rings is 1. The minimum atomic E-state index is -0.106. The van der Waals surface area contributed by atoms with Crippen molar-refractivity contribution in [3.63, 3.8) is 0 Å². The molecule has 3 aliphatic heterocycles. The summed E-state index contributed by atoms with van der Waals surface area (Å²) in [6.45, 7) is 5.97. The van der Waals surface area contributed by atoms with Gasteiger partial charge in [0.1, 0.15) is 5.75 Å². The normalized spacial score (nSPS) is 26.2. The van der Waals surface area contributed by atoms with Crippen LogP contribution >= 0.6 is 0 Å². The number of piperidine rings is 1. The summed E-state index contributed by atoms with van der Waals surface area (Å²) in [4.78, 5) is 17.1. The first-order valence-electron chi connectivity index (χ1n) is 10.2. The van der Waals surface area contributed by atoms with Gasteiger partial charge in [-0.15, -0.1) is 0 Å². The van der Waals surface area contributed by atoms with Crippen LogP contribution in [0.15, 0.2) is 24.3 Å². The lowest BCUT2D eigenvalue weighted by Crippen LogP contribution is -2.60. The van der Waals surface area contributed by atoms with Crippen LogP contribution in [0.4, 0.5) is 0 Å². The Hall–Kier alpha value is -1.63. The Morgan fingerprint density at radius 3 is 2.63 bits per heavy atom. The van der Waals surface area contributed by atoms with Crippen molar-refractivity contribution >= 4 is 5.91 Å². The molecule has 0 bridgehead atoms. The Bertz CT molecular complexity index is 634. The fraction of sp³-hybridized carbons (Fsp3) is 0.667. The summed E-state index contributed by atoms with van der Waals surface area (Å²) in [7, 11) is 0. The minimum Gasteiger partial charge on any atom is -0.508 e. The van der Waals surface area contributed by atoms with E-state index in [1.165, 1.54) is 6.42 Å². The van der Waals surface area contributed by atoms with Gasteiger partial charge in [-0.25, -0.2) is 0 Å². The van der Waals surface area contributed by atoms with E-state index in [0.717, 1.165) is 70.8 Å². The van der Waals surface area contributed by atoms with Crippen molar-refractivity contribution < 1.29 is 19.4 Å². The van der Waals surface area contributed by atoms with Crippen LogP contribution in [-0.4, -0.2) is 78.5 Å². The Morgan fingerprint density at radius 1 is 1.15 bits per heavy atom. The molecule has 1 spiro atoms. The maximum absolute atomic E-state index is 12.6. The molecule has 1 aromatic rings. The molecule has 3 heterocycles. The highest BCUT2D eigenvalue weighted by atomic mass is 16.5. The third kappa shape index (κ3) is 4.45. The number of aromatic hydroxyl groups is 1. The first-order chi connectivity index (χ1) is 13.1. The van der Waals surface area contributed by atoms with E-state index >= 15 is 0 Å². The number of carbonyl (C=O) groups is 1. The molecule has 0 saturated carbocycles. The number of phenolic OH excluding ortho intramolecular Hbond substituents is 1. The molecule has 3 aliphatic rings. The van der Waals surface area contributed by atoms with Crippen LogP contribution in [-0.2, 0) is 20.7 Å². The average Bonchev–Trinajstić information content (AvgIpc) is 2.71. The van der Waals surface area contributed by atoms with Crippen molar-refractivity contribution in [1.29, 1.82) is 0 Å². The van der Waals surface area contributed by atoms with E-state index in [0.29, 0.717) is 12.5 Å². The zero-order chi connectivity index (χ0) is 18.7. The van der Waals surface area contributed by atoms with Gasteiger partial charge < -0.3 is 19.5 Å². The van der Waals surface area contributed by atoms with Crippen molar-refractivity contribution in [3.8, 4) is 5.75 Å². The summed E-state index contributed by atoms with van der Waals surface area (Å²) in [5, 5.41) is 9.37. The van der Waals surface area contributed by atoms with Crippen LogP contribution in [0.5, 0.6) is 5.75 Å². The van der Waals surface area contributed by atoms with Gasteiger partial charge >= 0.3 is 0 Å². The second-order valence-electron chi connectivity index (χ2n) is 8.10. The monoisotopic (exact) mass is 374 g/mol. The fourth-order valence-electron chi connectivity index (χ4n) is 4.56. The molecule has 0 aromatic heterocycles. The van der Waals surface area contributed by atoms with E-state index in [1.807, 2.05) is 17.0 Å². The van der Waals surface area contributed by atoms with E-state index in [4.69, 9.17) is 9.47 Å². The summed E-state index contributed by atoms with van der Waals surface area (Å²) in [5.74, 6) is 0.386. The van der Waals surface area contributed by atoms with Crippen molar-refractivity contribution in [2.75, 3.05) is 46.0 Å². The van der Waals surface area contributed by atoms with Crippen LogP contribution in [0.25, 0.3) is 0 Å². The van der Waals surface area contributed by atoms with Gasteiger partial charge in [0, 0.05) is 38.8 Å². The number of likely N-dealkylation sites (tertiary alicyclic amines) is 1. The van der Waals surface area contributed by atoms with Gasteiger partial charge in [0.25, 0.3) is 0 Å². The highest BCUT2D eigenvalue weighted by Crippen LogP contribution is 2.32. The third-order valence-electron chi connectivity index (χ3n) is 6.25. The van der Waals surface area contributed by atoms with Gasteiger partial charge in [0.2, 0.25) is 5.91 Å².